The molecule has 20 heavy (non-hydrogen) atoms. The van der Waals surface area contributed by atoms with Gasteiger partial charge in [0.15, 0.2) is 0 Å². The number of likely N-dealkylation sites (tertiary alicyclic amines) is 1. The summed E-state index contributed by atoms with van der Waals surface area (Å²) in [6.45, 7) is 8.08. The molecule has 2 N–H and O–H groups in total. The van der Waals surface area contributed by atoms with Gasteiger partial charge in [-0.15, -0.1) is 0 Å². The fourth-order valence-electron chi connectivity index (χ4n) is 4.41. The number of aliphatic hydroxyl groups is 1. The van der Waals surface area contributed by atoms with E-state index in [1.807, 2.05) is 0 Å². The summed E-state index contributed by atoms with van der Waals surface area (Å²) in [6, 6.07) is 0.882. The number of fused-ring (bicyclic) bond motifs is 1. The number of rotatable bonds is 8. The van der Waals surface area contributed by atoms with Crippen molar-refractivity contribution in [2.24, 2.45) is 5.92 Å². The SMILES string of the molecule is CCNC(CC)(CO)CCCN1CCC2CCCCC21. The molecule has 0 aromatic carbocycles. The van der Waals surface area contributed by atoms with E-state index in [9.17, 15) is 5.11 Å². The van der Waals surface area contributed by atoms with Crippen molar-refractivity contribution in [3.63, 3.8) is 0 Å². The summed E-state index contributed by atoms with van der Waals surface area (Å²) in [4.78, 5) is 2.74. The molecule has 2 aliphatic rings. The molecule has 0 radical (unpaired) electrons. The first-order valence-corrected chi connectivity index (χ1v) is 8.84. The van der Waals surface area contributed by atoms with E-state index in [-0.39, 0.29) is 12.1 Å². The summed E-state index contributed by atoms with van der Waals surface area (Å²) >= 11 is 0. The van der Waals surface area contributed by atoms with Crippen molar-refractivity contribution in [3.8, 4) is 0 Å². The number of hydrogen-bond acceptors (Lipinski definition) is 3. The molecule has 3 nitrogen and oxygen atoms in total. The average Bonchev–Trinajstić information content (AvgIpc) is 2.90. The lowest BCUT2D eigenvalue weighted by atomic mass is 9.85. The Hall–Kier alpha value is -0.120. The second-order valence-corrected chi connectivity index (χ2v) is 6.86. The van der Waals surface area contributed by atoms with Crippen LogP contribution in [0.25, 0.3) is 0 Å². The maximum absolute atomic E-state index is 9.71. The number of likely N-dealkylation sites (N-methyl/N-ethyl adjacent to an activating group) is 1. The lowest BCUT2D eigenvalue weighted by Crippen LogP contribution is -2.48. The van der Waals surface area contributed by atoms with E-state index in [1.54, 1.807) is 0 Å². The van der Waals surface area contributed by atoms with Gasteiger partial charge in [-0.05, 0) is 64.1 Å². The average molecular weight is 282 g/mol. The molecule has 118 valence electrons. The van der Waals surface area contributed by atoms with Crippen molar-refractivity contribution in [1.29, 1.82) is 0 Å². The van der Waals surface area contributed by atoms with Gasteiger partial charge >= 0.3 is 0 Å². The first-order chi connectivity index (χ1) is 9.74. The summed E-state index contributed by atoms with van der Waals surface area (Å²) in [7, 11) is 0. The van der Waals surface area contributed by atoms with Gasteiger partial charge in [0.1, 0.15) is 0 Å². The van der Waals surface area contributed by atoms with Crippen LogP contribution in [-0.2, 0) is 0 Å². The molecule has 1 aliphatic heterocycles. The highest BCUT2D eigenvalue weighted by atomic mass is 16.3. The topological polar surface area (TPSA) is 35.5 Å². The van der Waals surface area contributed by atoms with Crippen LogP contribution in [0.4, 0.5) is 0 Å². The van der Waals surface area contributed by atoms with Crippen molar-refractivity contribution >= 4 is 0 Å². The first kappa shape index (κ1) is 16.3. The fourth-order valence-corrected chi connectivity index (χ4v) is 4.41. The highest BCUT2D eigenvalue weighted by Crippen LogP contribution is 2.36. The summed E-state index contributed by atoms with van der Waals surface area (Å²) in [5.74, 6) is 0.992. The van der Waals surface area contributed by atoms with Crippen molar-refractivity contribution < 1.29 is 5.11 Å². The van der Waals surface area contributed by atoms with E-state index in [4.69, 9.17) is 0 Å². The molecular formula is C17H34N2O. The third-order valence-corrected chi connectivity index (χ3v) is 5.76. The number of aliphatic hydroxyl groups excluding tert-OH is 1. The van der Waals surface area contributed by atoms with Crippen LogP contribution in [0, 0.1) is 5.92 Å². The van der Waals surface area contributed by atoms with Crippen molar-refractivity contribution in [2.45, 2.75) is 76.8 Å². The zero-order valence-corrected chi connectivity index (χ0v) is 13.5. The first-order valence-electron chi connectivity index (χ1n) is 8.84. The highest BCUT2D eigenvalue weighted by molar-refractivity contribution is 4.91. The van der Waals surface area contributed by atoms with Crippen LogP contribution in [0.5, 0.6) is 0 Å². The Labute approximate surface area is 125 Å². The zero-order chi connectivity index (χ0) is 14.4. The minimum atomic E-state index is -0.0412. The normalized spacial score (nSPS) is 30.1. The minimum absolute atomic E-state index is 0.0412. The van der Waals surface area contributed by atoms with Gasteiger partial charge in [0.25, 0.3) is 0 Å². The second kappa shape index (κ2) is 7.77. The quantitative estimate of drug-likeness (QED) is 0.718. The van der Waals surface area contributed by atoms with Crippen molar-refractivity contribution in [3.05, 3.63) is 0 Å². The maximum Gasteiger partial charge on any atom is 0.0613 e. The molecule has 0 aromatic rings. The predicted molar refractivity (Wildman–Crippen MR) is 85.0 cm³/mol. The third kappa shape index (κ3) is 3.75. The lowest BCUT2D eigenvalue weighted by Gasteiger charge is -2.34. The van der Waals surface area contributed by atoms with Crippen LogP contribution in [-0.4, -0.2) is 47.8 Å². The second-order valence-electron chi connectivity index (χ2n) is 6.86. The number of nitrogens with zero attached hydrogens (tertiary/aromatic N) is 1. The van der Waals surface area contributed by atoms with Gasteiger partial charge in [-0.3, -0.25) is 0 Å². The Balaban J connectivity index is 1.77. The van der Waals surface area contributed by atoms with Gasteiger partial charge in [0, 0.05) is 11.6 Å². The number of nitrogens with one attached hydrogen (secondary N) is 1. The molecule has 0 amide bonds. The Morgan fingerprint density at radius 3 is 2.70 bits per heavy atom. The smallest absolute Gasteiger partial charge is 0.0613 e. The minimum Gasteiger partial charge on any atom is -0.394 e. The summed E-state index contributed by atoms with van der Waals surface area (Å²) in [5.41, 5.74) is -0.0412. The molecule has 0 bridgehead atoms. The van der Waals surface area contributed by atoms with Gasteiger partial charge in [0.2, 0.25) is 0 Å². The van der Waals surface area contributed by atoms with Crippen LogP contribution in [0.15, 0.2) is 0 Å². The van der Waals surface area contributed by atoms with Gasteiger partial charge in [-0.2, -0.15) is 0 Å². The highest BCUT2D eigenvalue weighted by Gasteiger charge is 2.35. The van der Waals surface area contributed by atoms with Gasteiger partial charge < -0.3 is 15.3 Å². The van der Waals surface area contributed by atoms with E-state index in [1.165, 1.54) is 51.6 Å². The van der Waals surface area contributed by atoms with Crippen LogP contribution in [0.3, 0.4) is 0 Å². The third-order valence-electron chi connectivity index (χ3n) is 5.76. The Bertz CT molecular complexity index is 278. The molecule has 3 heteroatoms. The lowest BCUT2D eigenvalue weighted by molar-refractivity contribution is 0.132. The molecule has 0 aromatic heterocycles. The van der Waals surface area contributed by atoms with Crippen LogP contribution in [0.1, 0.15) is 65.2 Å². The monoisotopic (exact) mass is 282 g/mol. The summed E-state index contributed by atoms with van der Waals surface area (Å²) in [5, 5.41) is 13.2. The fraction of sp³-hybridized carbons (Fsp3) is 1.00. The standard InChI is InChI=1S/C17H34N2O/c1-3-17(14-20,18-4-2)11-7-12-19-13-10-15-8-5-6-9-16(15)19/h15-16,18,20H,3-14H2,1-2H3. The predicted octanol–water partition coefficient (Wildman–Crippen LogP) is 2.78. The molecular weight excluding hydrogens is 248 g/mol. The van der Waals surface area contributed by atoms with E-state index < -0.39 is 0 Å². The van der Waals surface area contributed by atoms with E-state index in [0.29, 0.717) is 0 Å². The molecule has 0 spiro atoms. The van der Waals surface area contributed by atoms with Crippen LogP contribution >= 0.6 is 0 Å². The molecule has 1 heterocycles. The summed E-state index contributed by atoms with van der Waals surface area (Å²) in [6.07, 6.45) is 10.5. The molecule has 3 unspecified atom stereocenters. The molecule has 1 aliphatic carbocycles. The van der Waals surface area contributed by atoms with Gasteiger partial charge in [0.05, 0.1) is 6.61 Å². The van der Waals surface area contributed by atoms with Gasteiger partial charge in [-0.25, -0.2) is 0 Å². The van der Waals surface area contributed by atoms with Gasteiger partial charge in [-0.1, -0.05) is 26.7 Å². The Kier molecular flexibility index (Phi) is 6.31. The van der Waals surface area contributed by atoms with Crippen LogP contribution in [0.2, 0.25) is 0 Å². The van der Waals surface area contributed by atoms with E-state index in [0.717, 1.165) is 31.3 Å². The molecule has 1 saturated carbocycles. The molecule has 3 atom stereocenters. The van der Waals surface area contributed by atoms with E-state index in [2.05, 4.69) is 24.1 Å². The Morgan fingerprint density at radius 2 is 2.00 bits per heavy atom. The van der Waals surface area contributed by atoms with Crippen molar-refractivity contribution in [1.82, 2.24) is 10.2 Å². The molecule has 2 rings (SSSR count). The Morgan fingerprint density at radius 1 is 1.20 bits per heavy atom. The molecule has 2 fully saturated rings. The maximum atomic E-state index is 9.71. The summed E-state index contributed by atoms with van der Waals surface area (Å²) < 4.78 is 0. The molecule has 1 saturated heterocycles. The number of hydrogen-bond donors (Lipinski definition) is 2. The van der Waals surface area contributed by atoms with Crippen LogP contribution < -0.4 is 5.32 Å². The van der Waals surface area contributed by atoms with E-state index >= 15 is 0 Å². The zero-order valence-electron chi connectivity index (χ0n) is 13.5. The largest absolute Gasteiger partial charge is 0.394 e. The van der Waals surface area contributed by atoms with Crippen molar-refractivity contribution in [2.75, 3.05) is 26.2 Å².